The number of halogens is 1. The SMILES string of the molecule is COc1cc(C(=O)c2sc(Nc3ccccc3F)nc2N)cc(OC)c1OC. The number of benzene rings is 2. The van der Waals surface area contributed by atoms with Crippen molar-refractivity contribution in [1.82, 2.24) is 4.98 Å². The Morgan fingerprint density at radius 3 is 2.32 bits per heavy atom. The summed E-state index contributed by atoms with van der Waals surface area (Å²) >= 11 is 1.03. The zero-order valence-electron chi connectivity index (χ0n) is 15.4. The molecular weight excluding hydrogens is 385 g/mol. The number of rotatable bonds is 7. The van der Waals surface area contributed by atoms with E-state index in [9.17, 15) is 9.18 Å². The molecule has 1 heterocycles. The van der Waals surface area contributed by atoms with E-state index in [1.54, 1.807) is 18.2 Å². The molecule has 3 N–H and O–H groups in total. The lowest BCUT2D eigenvalue weighted by Crippen LogP contribution is -2.05. The molecule has 0 aliphatic rings. The maximum absolute atomic E-state index is 13.8. The van der Waals surface area contributed by atoms with E-state index in [1.165, 1.54) is 39.5 Å². The molecule has 0 atom stereocenters. The number of hydrogen-bond donors (Lipinski definition) is 2. The number of methoxy groups -OCH3 is 3. The number of aromatic nitrogens is 1. The number of nitrogen functional groups attached to an aromatic ring is 1. The summed E-state index contributed by atoms with van der Waals surface area (Å²) in [7, 11) is 4.40. The number of nitrogens with zero attached hydrogens (tertiary/aromatic N) is 1. The highest BCUT2D eigenvalue weighted by Gasteiger charge is 2.22. The maximum Gasteiger partial charge on any atom is 0.207 e. The van der Waals surface area contributed by atoms with Crippen LogP contribution in [-0.2, 0) is 0 Å². The van der Waals surface area contributed by atoms with Crippen LogP contribution in [0.25, 0.3) is 0 Å². The molecular formula is C19H18FN3O4S. The predicted octanol–water partition coefficient (Wildman–Crippen LogP) is 3.86. The number of ether oxygens (including phenoxy) is 3. The largest absolute Gasteiger partial charge is 0.493 e. The standard InChI is InChI=1S/C19H18FN3O4S/c1-25-13-8-10(9-14(26-2)16(13)27-3)15(24)17-18(21)23-19(28-17)22-12-7-5-4-6-11(12)20/h4-9H,21H2,1-3H3,(H,22,23). The first kappa shape index (κ1) is 19.4. The van der Waals surface area contributed by atoms with Crippen molar-refractivity contribution in [2.75, 3.05) is 32.4 Å². The number of anilines is 3. The molecule has 9 heteroatoms. The number of nitrogens with two attached hydrogens (primary N) is 1. The Kier molecular flexibility index (Phi) is 5.65. The molecule has 0 spiro atoms. The summed E-state index contributed by atoms with van der Waals surface area (Å²) in [6.45, 7) is 0. The Morgan fingerprint density at radius 1 is 1.11 bits per heavy atom. The number of thiazole rings is 1. The molecule has 1 aromatic heterocycles. The summed E-state index contributed by atoms with van der Waals surface area (Å²) in [4.78, 5) is 17.3. The van der Waals surface area contributed by atoms with Crippen LogP contribution in [0.3, 0.4) is 0 Å². The maximum atomic E-state index is 13.8. The van der Waals surface area contributed by atoms with Crippen LogP contribution >= 0.6 is 11.3 Å². The van der Waals surface area contributed by atoms with Gasteiger partial charge in [0, 0.05) is 5.56 Å². The van der Waals surface area contributed by atoms with E-state index in [2.05, 4.69) is 10.3 Å². The second-order valence-electron chi connectivity index (χ2n) is 5.58. The second-order valence-corrected chi connectivity index (χ2v) is 6.58. The molecule has 3 rings (SSSR count). The summed E-state index contributed by atoms with van der Waals surface area (Å²) < 4.78 is 29.6. The third kappa shape index (κ3) is 3.70. The molecule has 28 heavy (non-hydrogen) atoms. The fraction of sp³-hybridized carbons (Fsp3) is 0.158. The van der Waals surface area contributed by atoms with Gasteiger partial charge in [-0.25, -0.2) is 9.37 Å². The van der Waals surface area contributed by atoms with Crippen molar-refractivity contribution in [1.29, 1.82) is 0 Å². The van der Waals surface area contributed by atoms with Gasteiger partial charge in [-0.1, -0.05) is 23.5 Å². The lowest BCUT2D eigenvalue weighted by Gasteiger charge is -2.13. The Labute approximate surface area is 164 Å². The van der Waals surface area contributed by atoms with E-state index in [0.29, 0.717) is 27.9 Å². The van der Waals surface area contributed by atoms with Gasteiger partial charge in [0.1, 0.15) is 16.5 Å². The van der Waals surface area contributed by atoms with Crippen LogP contribution in [0.15, 0.2) is 36.4 Å². The van der Waals surface area contributed by atoms with Crippen molar-refractivity contribution in [3.63, 3.8) is 0 Å². The van der Waals surface area contributed by atoms with Crippen LogP contribution in [-0.4, -0.2) is 32.1 Å². The second kappa shape index (κ2) is 8.13. The zero-order chi connectivity index (χ0) is 20.3. The molecule has 7 nitrogen and oxygen atoms in total. The van der Waals surface area contributed by atoms with Crippen LogP contribution in [0.1, 0.15) is 15.2 Å². The normalized spacial score (nSPS) is 10.4. The van der Waals surface area contributed by atoms with Crippen LogP contribution in [0.4, 0.5) is 21.0 Å². The van der Waals surface area contributed by atoms with E-state index in [4.69, 9.17) is 19.9 Å². The van der Waals surface area contributed by atoms with E-state index >= 15 is 0 Å². The molecule has 3 aromatic rings. The molecule has 0 bridgehead atoms. The number of ketones is 1. The molecule has 0 unspecified atom stereocenters. The van der Waals surface area contributed by atoms with E-state index < -0.39 is 5.82 Å². The monoisotopic (exact) mass is 403 g/mol. The van der Waals surface area contributed by atoms with E-state index in [0.717, 1.165) is 11.3 Å². The quantitative estimate of drug-likeness (QED) is 0.578. The minimum absolute atomic E-state index is 0.0441. The first-order valence-electron chi connectivity index (χ1n) is 8.11. The fourth-order valence-corrected chi connectivity index (χ4v) is 3.43. The molecule has 146 valence electrons. The van der Waals surface area contributed by atoms with Crippen LogP contribution < -0.4 is 25.3 Å². The van der Waals surface area contributed by atoms with Gasteiger partial charge in [0.2, 0.25) is 11.5 Å². The summed E-state index contributed by atoms with van der Waals surface area (Å²) in [6.07, 6.45) is 0. The lowest BCUT2D eigenvalue weighted by molar-refractivity contribution is 0.104. The number of carbonyl (C=O) groups excluding carboxylic acids is 1. The lowest BCUT2D eigenvalue weighted by atomic mass is 10.1. The minimum Gasteiger partial charge on any atom is -0.493 e. The van der Waals surface area contributed by atoms with Crippen molar-refractivity contribution in [3.8, 4) is 17.2 Å². The van der Waals surface area contributed by atoms with Crippen molar-refractivity contribution in [2.24, 2.45) is 0 Å². The summed E-state index contributed by atoms with van der Waals surface area (Å²) in [5, 5.41) is 3.14. The topological polar surface area (TPSA) is 95.7 Å². The summed E-state index contributed by atoms with van der Waals surface area (Å²) in [5.74, 6) is 0.309. The van der Waals surface area contributed by atoms with Gasteiger partial charge in [0.15, 0.2) is 16.6 Å². The van der Waals surface area contributed by atoms with Crippen molar-refractivity contribution >= 4 is 33.8 Å². The van der Waals surface area contributed by atoms with Gasteiger partial charge >= 0.3 is 0 Å². The molecule has 2 aromatic carbocycles. The third-order valence-electron chi connectivity index (χ3n) is 3.90. The van der Waals surface area contributed by atoms with Gasteiger partial charge in [-0.3, -0.25) is 4.79 Å². The van der Waals surface area contributed by atoms with Gasteiger partial charge in [-0.05, 0) is 24.3 Å². The van der Waals surface area contributed by atoms with Gasteiger partial charge in [-0.15, -0.1) is 0 Å². The fourth-order valence-electron chi connectivity index (χ4n) is 2.57. The molecule has 0 aliphatic carbocycles. The smallest absolute Gasteiger partial charge is 0.207 e. The van der Waals surface area contributed by atoms with Crippen molar-refractivity contribution in [3.05, 3.63) is 52.7 Å². The minimum atomic E-state index is -0.436. The molecule has 0 fully saturated rings. The Morgan fingerprint density at radius 2 is 1.75 bits per heavy atom. The third-order valence-corrected chi connectivity index (χ3v) is 4.89. The molecule has 0 aliphatic heterocycles. The number of nitrogens with one attached hydrogen (secondary N) is 1. The van der Waals surface area contributed by atoms with Crippen LogP contribution in [0.2, 0.25) is 0 Å². The molecule has 0 amide bonds. The first-order valence-corrected chi connectivity index (χ1v) is 8.92. The van der Waals surface area contributed by atoms with E-state index in [-0.39, 0.29) is 22.2 Å². The Hall–Kier alpha value is -3.33. The average molecular weight is 403 g/mol. The Bertz CT molecular complexity index is 997. The van der Waals surface area contributed by atoms with Crippen LogP contribution in [0, 0.1) is 5.82 Å². The predicted molar refractivity (Wildman–Crippen MR) is 106 cm³/mol. The highest BCUT2D eigenvalue weighted by atomic mass is 32.1. The zero-order valence-corrected chi connectivity index (χ0v) is 16.2. The number of carbonyl (C=O) groups is 1. The first-order chi connectivity index (χ1) is 13.5. The highest BCUT2D eigenvalue weighted by Crippen LogP contribution is 2.39. The van der Waals surface area contributed by atoms with E-state index in [1.807, 2.05) is 0 Å². The summed E-state index contributed by atoms with van der Waals surface area (Å²) in [6, 6.07) is 9.22. The average Bonchev–Trinajstić information content (AvgIpc) is 3.07. The van der Waals surface area contributed by atoms with Crippen molar-refractivity contribution in [2.45, 2.75) is 0 Å². The van der Waals surface area contributed by atoms with Gasteiger partial charge < -0.3 is 25.3 Å². The highest BCUT2D eigenvalue weighted by molar-refractivity contribution is 7.18. The Balaban J connectivity index is 1.95. The molecule has 0 saturated carbocycles. The summed E-state index contributed by atoms with van der Waals surface area (Å²) in [5.41, 5.74) is 6.46. The number of para-hydroxylation sites is 1. The van der Waals surface area contributed by atoms with Gasteiger partial charge in [0.25, 0.3) is 0 Å². The molecule has 0 radical (unpaired) electrons. The van der Waals surface area contributed by atoms with Crippen molar-refractivity contribution < 1.29 is 23.4 Å². The number of hydrogen-bond acceptors (Lipinski definition) is 8. The van der Waals surface area contributed by atoms with Crippen LogP contribution in [0.5, 0.6) is 17.2 Å². The van der Waals surface area contributed by atoms with Gasteiger partial charge in [-0.2, -0.15) is 0 Å². The molecule has 0 saturated heterocycles. The van der Waals surface area contributed by atoms with Gasteiger partial charge in [0.05, 0.1) is 27.0 Å².